The fraction of sp³-hybridized carbons (Fsp3) is 0.632. The third kappa shape index (κ3) is 6.45. The van der Waals surface area contributed by atoms with E-state index in [9.17, 15) is 4.39 Å². The minimum absolute atomic E-state index is 0.137. The van der Waals surface area contributed by atoms with Crippen molar-refractivity contribution in [3.05, 3.63) is 35.6 Å². The predicted molar refractivity (Wildman–Crippen MR) is 108 cm³/mol. The molecule has 2 rings (SSSR count). The molecule has 1 heterocycles. The third-order valence-corrected chi connectivity index (χ3v) is 5.91. The lowest BCUT2D eigenvalue weighted by atomic mass is 10.0. The van der Waals surface area contributed by atoms with Crippen LogP contribution in [0.5, 0.6) is 0 Å². The standard InChI is InChI=1S/C19H31FN4OS/c1-19(2,26-4)14-23-18(21-3)22-13-17(24-9-11-25-12-10-24)15-5-7-16(20)8-6-15/h5-8,17H,9-14H2,1-4H3,(H2,21,22,23). The summed E-state index contributed by atoms with van der Waals surface area (Å²) in [4.78, 5) is 6.71. The first-order valence-corrected chi connectivity index (χ1v) is 10.2. The van der Waals surface area contributed by atoms with E-state index in [1.165, 1.54) is 12.1 Å². The number of rotatable bonds is 7. The molecule has 7 heteroatoms. The van der Waals surface area contributed by atoms with Gasteiger partial charge in [-0.1, -0.05) is 12.1 Å². The van der Waals surface area contributed by atoms with Crippen LogP contribution in [0.2, 0.25) is 0 Å². The molecular weight excluding hydrogens is 351 g/mol. The lowest BCUT2D eigenvalue weighted by molar-refractivity contribution is 0.0170. The molecule has 1 aliphatic rings. The van der Waals surface area contributed by atoms with Crippen LogP contribution in [0.3, 0.4) is 0 Å². The molecular formula is C19H31FN4OS. The molecule has 146 valence electrons. The molecule has 0 amide bonds. The summed E-state index contributed by atoms with van der Waals surface area (Å²) in [6.07, 6.45) is 2.11. The van der Waals surface area contributed by atoms with Crippen molar-refractivity contribution in [3.8, 4) is 0 Å². The zero-order valence-electron chi connectivity index (χ0n) is 16.2. The topological polar surface area (TPSA) is 48.9 Å². The van der Waals surface area contributed by atoms with Gasteiger partial charge in [0.2, 0.25) is 0 Å². The summed E-state index contributed by atoms with van der Waals surface area (Å²) in [6, 6.07) is 6.92. The van der Waals surface area contributed by atoms with Crippen LogP contribution in [0.25, 0.3) is 0 Å². The Kier molecular flexibility index (Phi) is 8.18. The van der Waals surface area contributed by atoms with Crippen LogP contribution >= 0.6 is 11.8 Å². The van der Waals surface area contributed by atoms with E-state index in [1.54, 1.807) is 7.05 Å². The highest BCUT2D eigenvalue weighted by Gasteiger charge is 2.23. The van der Waals surface area contributed by atoms with Gasteiger partial charge in [0.25, 0.3) is 0 Å². The van der Waals surface area contributed by atoms with Crippen LogP contribution < -0.4 is 10.6 Å². The SMILES string of the molecule is CN=C(NCC(c1ccc(F)cc1)N1CCOCC1)NCC(C)(C)SC. The Labute approximate surface area is 160 Å². The number of nitrogens with zero attached hydrogens (tertiary/aromatic N) is 2. The molecule has 1 aromatic rings. The number of halogens is 1. The summed E-state index contributed by atoms with van der Waals surface area (Å²) in [5.41, 5.74) is 1.10. The van der Waals surface area contributed by atoms with Gasteiger partial charge in [-0.25, -0.2) is 4.39 Å². The van der Waals surface area contributed by atoms with Gasteiger partial charge in [0.15, 0.2) is 5.96 Å². The Morgan fingerprint density at radius 2 is 1.92 bits per heavy atom. The second-order valence-electron chi connectivity index (χ2n) is 6.99. The molecule has 0 aromatic heterocycles. The number of ether oxygens (including phenoxy) is 1. The highest BCUT2D eigenvalue weighted by atomic mass is 32.2. The van der Waals surface area contributed by atoms with Gasteiger partial charge in [0, 0.05) is 38.0 Å². The fourth-order valence-corrected chi connectivity index (χ4v) is 3.03. The monoisotopic (exact) mass is 382 g/mol. The van der Waals surface area contributed by atoms with Crippen molar-refractivity contribution in [2.45, 2.75) is 24.6 Å². The maximum Gasteiger partial charge on any atom is 0.191 e. The van der Waals surface area contributed by atoms with Crippen molar-refractivity contribution >= 4 is 17.7 Å². The molecule has 0 radical (unpaired) electrons. The first kappa shape index (κ1) is 21.0. The first-order chi connectivity index (χ1) is 12.4. The van der Waals surface area contributed by atoms with Crippen molar-refractivity contribution in [1.29, 1.82) is 0 Å². The number of morpholine rings is 1. The van der Waals surface area contributed by atoms with Gasteiger partial charge in [-0.3, -0.25) is 9.89 Å². The van der Waals surface area contributed by atoms with Crippen molar-refractivity contribution in [3.63, 3.8) is 0 Å². The molecule has 1 unspecified atom stereocenters. The lowest BCUT2D eigenvalue weighted by Crippen LogP contribution is -2.48. The van der Waals surface area contributed by atoms with E-state index in [4.69, 9.17) is 4.74 Å². The summed E-state index contributed by atoms with van der Waals surface area (Å²) >= 11 is 1.82. The molecule has 1 saturated heterocycles. The van der Waals surface area contributed by atoms with Crippen LogP contribution in [0.4, 0.5) is 4.39 Å². The quantitative estimate of drug-likeness (QED) is 0.561. The highest BCUT2D eigenvalue weighted by molar-refractivity contribution is 7.99. The minimum Gasteiger partial charge on any atom is -0.379 e. The molecule has 1 aliphatic heterocycles. The Morgan fingerprint density at radius 3 is 2.50 bits per heavy atom. The summed E-state index contributed by atoms with van der Waals surface area (Å²) in [7, 11) is 1.78. The fourth-order valence-electron chi connectivity index (χ4n) is 2.81. The largest absolute Gasteiger partial charge is 0.379 e. The van der Waals surface area contributed by atoms with E-state index < -0.39 is 0 Å². The summed E-state index contributed by atoms with van der Waals surface area (Å²) < 4.78 is 18.9. The van der Waals surface area contributed by atoms with Crippen molar-refractivity contribution in [1.82, 2.24) is 15.5 Å². The van der Waals surface area contributed by atoms with Crippen LogP contribution in [0.15, 0.2) is 29.3 Å². The van der Waals surface area contributed by atoms with E-state index in [0.29, 0.717) is 6.54 Å². The first-order valence-electron chi connectivity index (χ1n) is 9.02. The average Bonchev–Trinajstić information content (AvgIpc) is 2.66. The zero-order valence-corrected chi connectivity index (χ0v) is 17.0. The molecule has 0 saturated carbocycles. The number of benzene rings is 1. The second-order valence-corrected chi connectivity index (χ2v) is 8.50. The third-order valence-electron chi connectivity index (χ3n) is 4.66. The van der Waals surface area contributed by atoms with Crippen LogP contribution in [-0.4, -0.2) is 68.3 Å². The second kappa shape index (κ2) is 10.1. The normalized spacial score (nSPS) is 17.8. The molecule has 26 heavy (non-hydrogen) atoms. The number of thioether (sulfide) groups is 1. The molecule has 0 spiro atoms. The molecule has 1 aromatic carbocycles. The zero-order chi connectivity index (χ0) is 19.0. The van der Waals surface area contributed by atoms with Crippen molar-refractivity contribution in [2.24, 2.45) is 4.99 Å². The van der Waals surface area contributed by atoms with Crippen molar-refractivity contribution in [2.75, 3.05) is 52.7 Å². The van der Waals surface area contributed by atoms with Gasteiger partial charge in [0.1, 0.15) is 5.82 Å². The number of guanidine groups is 1. The number of aliphatic imine (C=N–C) groups is 1. The van der Waals surface area contributed by atoms with Gasteiger partial charge in [-0.15, -0.1) is 0 Å². The van der Waals surface area contributed by atoms with E-state index in [0.717, 1.165) is 44.4 Å². The number of hydrogen-bond acceptors (Lipinski definition) is 4. The van der Waals surface area contributed by atoms with Gasteiger partial charge < -0.3 is 15.4 Å². The summed E-state index contributed by atoms with van der Waals surface area (Å²) in [6.45, 7) is 9.13. The Bertz CT molecular complexity index is 573. The summed E-state index contributed by atoms with van der Waals surface area (Å²) in [5, 5.41) is 6.82. The van der Waals surface area contributed by atoms with E-state index in [1.807, 2.05) is 23.9 Å². The maximum absolute atomic E-state index is 13.3. The number of nitrogens with one attached hydrogen (secondary N) is 2. The minimum atomic E-state index is -0.209. The average molecular weight is 383 g/mol. The molecule has 1 atom stereocenters. The Morgan fingerprint density at radius 1 is 1.27 bits per heavy atom. The van der Waals surface area contributed by atoms with Gasteiger partial charge >= 0.3 is 0 Å². The van der Waals surface area contributed by atoms with Crippen LogP contribution in [0.1, 0.15) is 25.5 Å². The van der Waals surface area contributed by atoms with Gasteiger partial charge in [-0.05, 0) is 37.8 Å². The molecule has 1 fully saturated rings. The smallest absolute Gasteiger partial charge is 0.191 e. The highest BCUT2D eigenvalue weighted by Crippen LogP contribution is 2.22. The van der Waals surface area contributed by atoms with Crippen LogP contribution in [-0.2, 0) is 4.74 Å². The molecule has 0 bridgehead atoms. The van der Waals surface area contributed by atoms with Crippen molar-refractivity contribution < 1.29 is 9.13 Å². The van der Waals surface area contributed by atoms with E-state index >= 15 is 0 Å². The Hall–Kier alpha value is -1.31. The molecule has 0 aliphatic carbocycles. The number of hydrogen-bond donors (Lipinski definition) is 2. The Balaban J connectivity index is 2.02. The van der Waals surface area contributed by atoms with Gasteiger partial charge in [0.05, 0.1) is 19.3 Å². The van der Waals surface area contributed by atoms with Crippen LogP contribution in [0, 0.1) is 5.82 Å². The lowest BCUT2D eigenvalue weighted by Gasteiger charge is -2.35. The molecule has 5 nitrogen and oxygen atoms in total. The van der Waals surface area contributed by atoms with E-state index in [-0.39, 0.29) is 16.6 Å². The molecule has 2 N–H and O–H groups in total. The maximum atomic E-state index is 13.3. The van der Waals surface area contributed by atoms with E-state index in [2.05, 4.69) is 40.6 Å². The predicted octanol–water partition coefficient (Wildman–Crippen LogP) is 2.51. The van der Waals surface area contributed by atoms with Gasteiger partial charge in [-0.2, -0.15) is 11.8 Å². The summed E-state index contributed by atoms with van der Waals surface area (Å²) in [5.74, 6) is 0.576.